The fourth-order valence-electron chi connectivity index (χ4n) is 3.65. The molecule has 1 amide bonds. The standard InChI is InChI=1S/C22H24N4O/c1-14(2)17-5-7-19(8-6-17)25-13-16(4)26-21(22(25)27)20(12-24-26)18-9-10-23-15(3)11-18/h5-12,14,16H,13H2,1-4H3/t16-/m0/s1. The van der Waals surface area contributed by atoms with E-state index in [1.165, 1.54) is 5.56 Å². The van der Waals surface area contributed by atoms with Gasteiger partial charge in [0.05, 0.1) is 12.2 Å². The van der Waals surface area contributed by atoms with Gasteiger partial charge in [-0.1, -0.05) is 26.0 Å². The van der Waals surface area contributed by atoms with E-state index in [1.807, 2.05) is 40.8 Å². The molecule has 3 heterocycles. The number of pyridine rings is 1. The molecule has 0 radical (unpaired) electrons. The third kappa shape index (κ3) is 3.03. The molecule has 0 aliphatic carbocycles. The van der Waals surface area contributed by atoms with Crippen LogP contribution in [0.1, 0.15) is 54.5 Å². The lowest BCUT2D eigenvalue weighted by molar-refractivity contribution is 0.0954. The molecule has 5 nitrogen and oxygen atoms in total. The van der Waals surface area contributed by atoms with E-state index in [0.717, 1.165) is 22.5 Å². The van der Waals surface area contributed by atoms with Gasteiger partial charge in [0, 0.05) is 29.7 Å². The lowest BCUT2D eigenvalue weighted by Gasteiger charge is -2.32. The predicted molar refractivity (Wildman–Crippen MR) is 107 cm³/mol. The van der Waals surface area contributed by atoms with Crippen LogP contribution in [0.15, 0.2) is 48.8 Å². The Balaban J connectivity index is 1.76. The second-order valence-corrected chi connectivity index (χ2v) is 7.55. The highest BCUT2D eigenvalue weighted by atomic mass is 16.2. The summed E-state index contributed by atoms with van der Waals surface area (Å²) < 4.78 is 1.85. The minimum atomic E-state index is -0.00707. The predicted octanol–water partition coefficient (Wildman–Crippen LogP) is 4.60. The summed E-state index contributed by atoms with van der Waals surface area (Å²) >= 11 is 0. The lowest BCUT2D eigenvalue weighted by Crippen LogP contribution is -2.42. The number of nitrogens with zero attached hydrogens (tertiary/aromatic N) is 4. The summed E-state index contributed by atoms with van der Waals surface area (Å²) in [6.07, 6.45) is 3.57. The van der Waals surface area contributed by atoms with E-state index in [9.17, 15) is 4.79 Å². The Bertz CT molecular complexity index is 988. The number of anilines is 1. The van der Waals surface area contributed by atoms with E-state index in [2.05, 4.69) is 43.0 Å². The van der Waals surface area contributed by atoms with E-state index in [-0.39, 0.29) is 11.9 Å². The second-order valence-electron chi connectivity index (χ2n) is 7.55. The molecule has 0 unspecified atom stereocenters. The van der Waals surface area contributed by atoms with Crippen LogP contribution >= 0.6 is 0 Å². The van der Waals surface area contributed by atoms with Crippen LogP contribution in [-0.4, -0.2) is 27.2 Å². The van der Waals surface area contributed by atoms with Crippen molar-refractivity contribution >= 4 is 11.6 Å². The third-order valence-electron chi connectivity index (χ3n) is 5.19. The summed E-state index contributed by atoms with van der Waals surface area (Å²) in [6, 6.07) is 12.3. The normalized spacial score (nSPS) is 16.7. The van der Waals surface area contributed by atoms with Gasteiger partial charge >= 0.3 is 0 Å². The van der Waals surface area contributed by atoms with Crippen LogP contribution in [0.4, 0.5) is 5.69 Å². The number of carbonyl (C=O) groups excluding carboxylic acids is 1. The monoisotopic (exact) mass is 360 g/mol. The number of fused-ring (bicyclic) bond motifs is 1. The van der Waals surface area contributed by atoms with Crippen molar-refractivity contribution in [1.29, 1.82) is 0 Å². The van der Waals surface area contributed by atoms with Crippen molar-refractivity contribution < 1.29 is 4.79 Å². The molecule has 1 aromatic carbocycles. The maximum Gasteiger partial charge on any atom is 0.277 e. The SMILES string of the molecule is Cc1cc(-c2cnn3c2C(=O)N(c2ccc(C(C)C)cc2)C[C@@H]3C)ccn1. The molecule has 0 bridgehead atoms. The molecule has 0 saturated heterocycles. The Kier molecular flexibility index (Phi) is 4.30. The molecule has 0 fully saturated rings. The first kappa shape index (κ1) is 17.5. The second kappa shape index (κ2) is 6.65. The maximum atomic E-state index is 13.4. The van der Waals surface area contributed by atoms with Crippen molar-refractivity contribution in [2.45, 2.75) is 39.7 Å². The number of benzene rings is 1. The first-order valence-electron chi connectivity index (χ1n) is 9.38. The number of amides is 1. The fraction of sp³-hybridized carbons (Fsp3) is 0.318. The van der Waals surface area contributed by atoms with Crippen molar-refractivity contribution in [2.24, 2.45) is 0 Å². The summed E-state index contributed by atoms with van der Waals surface area (Å²) in [7, 11) is 0. The molecule has 3 aromatic rings. The van der Waals surface area contributed by atoms with Crippen molar-refractivity contribution in [2.75, 3.05) is 11.4 Å². The topological polar surface area (TPSA) is 51.0 Å². The van der Waals surface area contributed by atoms with Crippen LogP contribution in [-0.2, 0) is 0 Å². The Morgan fingerprint density at radius 2 is 1.89 bits per heavy atom. The fourth-order valence-corrected chi connectivity index (χ4v) is 3.65. The first-order valence-corrected chi connectivity index (χ1v) is 9.38. The molecule has 1 aliphatic rings. The largest absolute Gasteiger partial charge is 0.305 e. The van der Waals surface area contributed by atoms with Gasteiger partial charge in [-0.15, -0.1) is 0 Å². The van der Waals surface area contributed by atoms with Gasteiger partial charge in [-0.2, -0.15) is 5.10 Å². The Hall–Kier alpha value is -2.95. The van der Waals surface area contributed by atoms with E-state index in [0.29, 0.717) is 18.2 Å². The number of hydrogen-bond donors (Lipinski definition) is 0. The molecular formula is C22H24N4O. The number of hydrogen-bond acceptors (Lipinski definition) is 3. The van der Waals surface area contributed by atoms with Crippen molar-refractivity contribution in [3.05, 3.63) is 65.7 Å². The molecular weight excluding hydrogens is 336 g/mol. The highest BCUT2D eigenvalue weighted by Gasteiger charge is 2.33. The van der Waals surface area contributed by atoms with Crippen LogP contribution < -0.4 is 4.90 Å². The van der Waals surface area contributed by atoms with Crippen molar-refractivity contribution in [3.8, 4) is 11.1 Å². The zero-order chi connectivity index (χ0) is 19.1. The average Bonchev–Trinajstić information content (AvgIpc) is 3.11. The summed E-state index contributed by atoms with van der Waals surface area (Å²) in [5, 5.41) is 4.51. The number of aryl methyl sites for hydroxylation is 1. The number of carbonyl (C=O) groups is 1. The summed E-state index contributed by atoms with van der Waals surface area (Å²) in [5.41, 5.74) is 5.61. The van der Waals surface area contributed by atoms with E-state index in [4.69, 9.17) is 0 Å². The van der Waals surface area contributed by atoms with Gasteiger partial charge in [0.25, 0.3) is 5.91 Å². The first-order chi connectivity index (χ1) is 13.0. The number of rotatable bonds is 3. The Morgan fingerprint density at radius 1 is 1.15 bits per heavy atom. The molecule has 0 saturated carbocycles. The van der Waals surface area contributed by atoms with E-state index < -0.39 is 0 Å². The van der Waals surface area contributed by atoms with Gasteiger partial charge < -0.3 is 4.90 Å². The highest BCUT2D eigenvalue weighted by molar-refractivity contribution is 6.09. The summed E-state index contributed by atoms with van der Waals surface area (Å²) in [4.78, 5) is 19.5. The minimum Gasteiger partial charge on any atom is -0.305 e. The van der Waals surface area contributed by atoms with Gasteiger partial charge in [0.1, 0.15) is 5.69 Å². The molecule has 138 valence electrons. The molecule has 5 heteroatoms. The van der Waals surface area contributed by atoms with Gasteiger partial charge in [0.15, 0.2) is 0 Å². The zero-order valence-corrected chi connectivity index (χ0v) is 16.2. The quantitative estimate of drug-likeness (QED) is 0.686. The Labute approximate surface area is 159 Å². The minimum absolute atomic E-state index is 0.00707. The average molecular weight is 360 g/mol. The van der Waals surface area contributed by atoms with Crippen LogP contribution in [0.3, 0.4) is 0 Å². The van der Waals surface area contributed by atoms with Crippen molar-refractivity contribution in [3.63, 3.8) is 0 Å². The van der Waals surface area contributed by atoms with E-state index >= 15 is 0 Å². The lowest BCUT2D eigenvalue weighted by atomic mass is 10.0. The molecule has 0 N–H and O–H groups in total. The maximum absolute atomic E-state index is 13.4. The van der Waals surface area contributed by atoms with Gasteiger partial charge in [-0.25, -0.2) is 0 Å². The smallest absolute Gasteiger partial charge is 0.277 e. The molecule has 2 aromatic heterocycles. The third-order valence-corrected chi connectivity index (χ3v) is 5.19. The summed E-state index contributed by atoms with van der Waals surface area (Å²) in [6.45, 7) is 9.01. The van der Waals surface area contributed by atoms with Gasteiger partial charge in [0.2, 0.25) is 0 Å². The van der Waals surface area contributed by atoms with Crippen LogP contribution in [0, 0.1) is 6.92 Å². The number of aromatic nitrogens is 3. The molecule has 27 heavy (non-hydrogen) atoms. The highest BCUT2D eigenvalue weighted by Crippen LogP contribution is 2.33. The molecule has 4 rings (SSSR count). The molecule has 1 aliphatic heterocycles. The van der Waals surface area contributed by atoms with Gasteiger partial charge in [-0.3, -0.25) is 14.5 Å². The summed E-state index contributed by atoms with van der Waals surface area (Å²) in [5.74, 6) is 0.463. The van der Waals surface area contributed by atoms with Crippen LogP contribution in [0.2, 0.25) is 0 Å². The van der Waals surface area contributed by atoms with E-state index in [1.54, 1.807) is 12.4 Å². The van der Waals surface area contributed by atoms with Crippen LogP contribution in [0.5, 0.6) is 0 Å². The van der Waals surface area contributed by atoms with Gasteiger partial charge in [-0.05, 0) is 55.2 Å². The molecule has 0 spiro atoms. The Morgan fingerprint density at radius 3 is 2.56 bits per heavy atom. The molecule has 1 atom stereocenters. The van der Waals surface area contributed by atoms with Crippen LogP contribution in [0.25, 0.3) is 11.1 Å². The van der Waals surface area contributed by atoms with Crippen molar-refractivity contribution in [1.82, 2.24) is 14.8 Å². The zero-order valence-electron chi connectivity index (χ0n) is 16.2.